The predicted molar refractivity (Wildman–Crippen MR) is 118 cm³/mol. The number of aryl methyl sites for hydroxylation is 1. The number of nitrogens with zero attached hydrogens (tertiary/aromatic N) is 2. The minimum atomic E-state index is -3.61. The van der Waals surface area contributed by atoms with Crippen molar-refractivity contribution in [2.45, 2.75) is 39.3 Å². The highest BCUT2D eigenvalue weighted by Gasteiger charge is 2.28. The van der Waals surface area contributed by atoms with Crippen molar-refractivity contribution >= 4 is 27.3 Å². The van der Waals surface area contributed by atoms with Crippen LogP contribution < -0.4 is 14.5 Å². The second kappa shape index (κ2) is 8.86. The number of hydrogen-bond donors (Lipinski definition) is 1. The number of carbonyl (C=O) groups is 1. The van der Waals surface area contributed by atoms with Gasteiger partial charge in [-0.3, -0.25) is 9.10 Å². The zero-order valence-corrected chi connectivity index (χ0v) is 18.1. The summed E-state index contributed by atoms with van der Waals surface area (Å²) < 4.78 is 25.8. The van der Waals surface area contributed by atoms with Crippen molar-refractivity contribution in [3.05, 3.63) is 59.7 Å². The van der Waals surface area contributed by atoms with Gasteiger partial charge in [-0.15, -0.1) is 0 Å². The minimum Gasteiger partial charge on any atom is -0.372 e. The number of hydrogen-bond acceptors (Lipinski definition) is 4. The lowest BCUT2D eigenvalue weighted by Gasteiger charge is -2.28. The lowest BCUT2D eigenvalue weighted by atomic mass is 10.2. The number of anilines is 2. The van der Waals surface area contributed by atoms with Crippen molar-refractivity contribution in [1.29, 1.82) is 0 Å². The Hall–Kier alpha value is -2.54. The fourth-order valence-corrected chi connectivity index (χ4v) is 4.81. The van der Waals surface area contributed by atoms with Gasteiger partial charge in [-0.25, -0.2) is 8.42 Å². The third kappa shape index (κ3) is 5.29. The molecular weight excluding hydrogens is 386 g/mol. The average Bonchev–Trinajstić information content (AvgIpc) is 3.22. The molecule has 1 amide bonds. The summed E-state index contributed by atoms with van der Waals surface area (Å²) in [4.78, 5) is 15.1. The van der Waals surface area contributed by atoms with E-state index in [1.807, 2.05) is 31.2 Å². The van der Waals surface area contributed by atoms with Gasteiger partial charge in [0.25, 0.3) is 0 Å². The van der Waals surface area contributed by atoms with Crippen LogP contribution in [-0.2, 0) is 21.4 Å². The van der Waals surface area contributed by atoms with E-state index < -0.39 is 16.1 Å². The Balaban J connectivity index is 1.65. The number of amides is 1. The van der Waals surface area contributed by atoms with Crippen LogP contribution in [0.3, 0.4) is 0 Å². The van der Waals surface area contributed by atoms with Gasteiger partial charge in [0.15, 0.2) is 0 Å². The summed E-state index contributed by atoms with van der Waals surface area (Å²) in [5.74, 6) is -0.334. The van der Waals surface area contributed by atoms with Crippen LogP contribution in [0, 0.1) is 6.92 Å². The van der Waals surface area contributed by atoms with Crippen LogP contribution in [0.5, 0.6) is 0 Å². The highest BCUT2D eigenvalue weighted by atomic mass is 32.2. The van der Waals surface area contributed by atoms with E-state index in [2.05, 4.69) is 22.3 Å². The zero-order chi connectivity index (χ0) is 21.0. The third-order valence-corrected chi connectivity index (χ3v) is 6.49. The molecule has 6 nitrogen and oxygen atoms in total. The molecule has 2 aromatic carbocycles. The lowest BCUT2D eigenvalue weighted by Crippen LogP contribution is -2.47. The first-order chi connectivity index (χ1) is 13.8. The van der Waals surface area contributed by atoms with Crippen molar-refractivity contribution in [2.24, 2.45) is 0 Å². The highest BCUT2D eigenvalue weighted by molar-refractivity contribution is 7.92. The van der Waals surface area contributed by atoms with E-state index in [4.69, 9.17) is 0 Å². The maximum atomic E-state index is 12.7. The Bertz CT molecular complexity index is 934. The first-order valence-electron chi connectivity index (χ1n) is 9.93. The molecule has 1 heterocycles. The number of benzene rings is 2. The van der Waals surface area contributed by atoms with Crippen LogP contribution >= 0.6 is 0 Å². The minimum absolute atomic E-state index is 0.334. The lowest BCUT2D eigenvalue weighted by molar-refractivity contribution is -0.122. The second-order valence-electron chi connectivity index (χ2n) is 7.65. The standard InChI is InChI=1S/C22H29N3O3S/c1-17-6-10-21(11-7-17)25(29(3,27)28)18(2)22(26)23-16-19-8-12-20(13-9-19)24-14-4-5-15-24/h6-13,18H,4-5,14-16H2,1-3H3,(H,23,26)/t18-/m1/s1. The molecule has 0 aliphatic carbocycles. The molecule has 0 saturated carbocycles. The SMILES string of the molecule is Cc1ccc(N([C@H](C)C(=O)NCc2ccc(N3CCCC3)cc2)S(C)(=O)=O)cc1. The average molecular weight is 416 g/mol. The van der Waals surface area contributed by atoms with E-state index in [-0.39, 0.29) is 5.91 Å². The smallest absolute Gasteiger partial charge is 0.243 e. The molecule has 0 bridgehead atoms. The van der Waals surface area contributed by atoms with Gasteiger partial charge in [-0.1, -0.05) is 29.8 Å². The van der Waals surface area contributed by atoms with E-state index >= 15 is 0 Å². The molecule has 1 N–H and O–H groups in total. The summed E-state index contributed by atoms with van der Waals surface area (Å²) in [6.45, 7) is 6.07. The quantitative estimate of drug-likeness (QED) is 0.755. The molecule has 1 atom stereocenters. The number of carbonyl (C=O) groups excluding carboxylic acids is 1. The number of nitrogens with one attached hydrogen (secondary N) is 1. The molecule has 156 valence electrons. The molecule has 0 aromatic heterocycles. The van der Waals surface area contributed by atoms with Gasteiger partial charge < -0.3 is 10.2 Å². The first kappa shape index (κ1) is 21.2. The van der Waals surface area contributed by atoms with Gasteiger partial charge in [0.1, 0.15) is 6.04 Å². The Morgan fingerprint density at radius 1 is 1.07 bits per heavy atom. The van der Waals surface area contributed by atoms with Gasteiger partial charge in [-0.05, 0) is 56.5 Å². The van der Waals surface area contributed by atoms with Crippen LogP contribution in [-0.4, -0.2) is 39.7 Å². The molecular formula is C22H29N3O3S. The van der Waals surface area contributed by atoms with E-state index in [0.29, 0.717) is 12.2 Å². The maximum Gasteiger partial charge on any atom is 0.243 e. The molecule has 0 radical (unpaired) electrons. The normalized spacial score (nSPS) is 15.2. The van der Waals surface area contributed by atoms with E-state index in [9.17, 15) is 13.2 Å². The predicted octanol–water partition coefficient (Wildman–Crippen LogP) is 3.07. The Kier molecular flexibility index (Phi) is 6.47. The van der Waals surface area contributed by atoms with Gasteiger partial charge in [0.05, 0.1) is 11.9 Å². The molecule has 1 aliphatic rings. The number of rotatable bonds is 7. The van der Waals surface area contributed by atoms with Gasteiger partial charge in [0, 0.05) is 25.3 Å². The van der Waals surface area contributed by atoms with Crippen molar-refractivity contribution in [3.8, 4) is 0 Å². The van der Waals surface area contributed by atoms with Crippen molar-refractivity contribution in [2.75, 3.05) is 28.6 Å². The monoisotopic (exact) mass is 415 g/mol. The Morgan fingerprint density at radius 2 is 1.66 bits per heavy atom. The summed E-state index contributed by atoms with van der Waals surface area (Å²) in [7, 11) is -3.61. The van der Waals surface area contributed by atoms with Crippen molar-refractivity contribution in [3.63, 3.8) is 0 Å². The molecule has 1 saturated heterocycles. The van der Waals surface area contributed by atoms with Crippen LogP contribution in [0.25, 0.3) is 0 Å². The van der Waals surface area contributed by atoms with Crippen LogP contribution in [0.2, 0.25) is 0 Å². The summed E-state index contributed by atoms with van der Waals surface area (Å²) >= 11 is 0. The molecule has 0 unspecified atom stereocenters. The summed E-state index contributed by atoms with van der Waals surface area (Å²) in [5.41, 5.74) is 3.69. The Labute approximate surface area is 173 Å². The third-order valence-electron chi connectivity index (χ3n) is 5.25. The van der Waals surface area contributed by atoms with E-state index in [1.54, 1.807) is 19.1 Å². The topological polar surface area (TPSA) is 69.7 Å². The molecule has 0 spiro atoms. The fraction of sp³-hybridized carbons (Fsp3) is 0.409. The van der Waals surface area contributed by atoms with Crippen molar-refractivity contribution < 1.29 is 13.2 Å². The van der Waals surface area contributed by atoms with Crippen molar-refractivity contribution in [1.82, 2.24) is 5.32 Å². The highest BCUT2D eigenvalue weighted by Crippen LogP contribution is 2.22. The fourth-order valence-electron chi connectivity index (χ4n) is 3.64. The van der Waals surface area contributed by atoms with Crippen LogP contribution in [0.15, 0.2) is 48.5 Å². The van der Waals surface area contributed by atoms with E-state index in [1.165, 1.54) is 18.5 Å². The second-order valence-corrected chi connectivity index (χ2v) is 9.51. The van der Waals surface area contributed by atoms with Crippen LogP contribution in [0.1, 0.15) is 30.9 Å². The summed E-state index contributed by atoms with van der Waals surface area (Å²) in [5, 5.41) is 2.86. The molecule has 3 rings (SSSR count). The number of sulfonamides is 1. The molecule has 2 aromatic rings. The van der Waals surface area contributed by atoms with Crippen LogP contribution in [0.4, 0.5) is 11.4 Å². The molecule has 1 fully saturated rings. The summed E-state index contributed by atoms with van der Waals surface area (Å²) in [6.07, 6.45) is 3.58. The largest absolute Gasteiger partial charge is 0.372 e. The van der Waals surface area contributed by atoms with E-state index in [0.717, 1.165) is 34.8 Å². The molecule has 29 heavy (non-hydrogen) atoms. The van der Waals surface area contributed by atoms with Gasteiger partial charge in [0.2, 0.25) is 15.9 Å². The van der Waals surface area contributed by atoms with Gasteiger partial charge in [-0.2, -0.15) is 0 Å². The Morgan fingerprint density at radius 3 is 2.21 bits per heavy atom. The first-order valence-corrected chi connectivity index (χ1v) is 11.8. The maximum absolute atomic E-state index is 12.7. The molecule has 7 heteroatoms. The zero-order valence-electron chi connectivity index (χ0n) is 17.3. The van der Waals surface area contributed by atoms with Gasteiger partial charge >= 0.3 is 0 Å². The molecule has 1 aliphatic heterocycles. The summed E-state index contributed by atoms with van der Waals surface area (Å²) in [6, 6.07) is 14.4.